The van der Waals surface area contributed by atoms with Crippen molar-refractivity contribution in [1.82, 2.24) is 0 Å². The Bertz CT molecular complexity index is 1800. The van der Waals surface area contributed by atoms with Crippen molar-refractivity contribution in [3.8, 4) is 0 Å². The maximum atomic E-state index is 12.5. The number of hydrogen-bond acceptors (Lipinski definition) is 18. The first-order chi connectivity index (χ1) is 24.6. The van der Waals surface area contributed by atoms with E-state index >= 15 is 0 Å². The van der Waals surface area contributed by atoms with Crippen molar-refractivity contribution in [3.63, 3.8) is 0 Å². The summed E-state index contributed by atoms with van der Waals surface area (Å²) < 4.78 is 29.7. The summed E-state index contributed by atoms with van der Waals surface area (Å²) in [5.41, 5.74) is 0.733. The number of rotatable bonds is 17. The summed E-state index contributed by atoms with van der Waals surface area (Å²) in [6.45, 7) is -4.12. The Kier molecular flexibility index (Phi) is 15.0. The molecule has 0 unspecified atom stereocenters. The largest absolute Gasteiger partial charge is 0.459 e. The fraction of sp³-hybridized carbons (Fsp3) is 0.182. The van der Waals surface area contributed by atoms with Crippen molar-refractivity contribution in [3.05, 3.63) is 89.5 Å². The molecule has 3 rings (SSSR count). The van der Waals surface area contributed by atoms with Crippen LogP contribution in [-0.2, 0) is 57.2 Å². The molecule has 0 saturated heterocycles. The molecule has 0 heterocycles. The second-order valence-corrected chi connectivity index (χ2v) is 9.46. The van der Waals surface area contributed by atoms with Gasteiger partial charge in [0.05, 0.1) is 33.8 Å². The Morgan fingerprint density at radius 3 is 1.04 bits per heavy atom. The van der Waals surface area contributed by atoms with Gasteiger partial charge in [0, 0.05) is 0 Å². The van der Waals surface area contributed by atoms with E-state index in [1.807, 2.05) is 0 Å². The molecule has 51 heavy (non-hydrogen) atoms. The molecular weight excluding hydrogens is 678 g/mol. The maximum Gasteiger partial charge on any atom is 0.344 e. The van der Waals surface area contributed by atoms with Crippen LogP contribution < -0.4 is 0 Å². The molecule has 0 atom stereocenters. The molecule has 0 saturated carbocycles. The van der Waals surface area contributed by atoms with Crippen LogP contribution in [0.25, 0.3) is 0 Å². The molecule has 18 nitrogen and oxygen atoms in total. The van der Waals surface area contributed by atoms with Gasteiger partial charge in [-0.1, -0.05) is 0 Å². The third-order valence-corrected chi connectivity index (χ3v) is 5.96. The van der Waals surface area contributed by atoms with Crippen LogP contribution in [0, 0.1) is 0 Å². The smallest absolute Gasteiger partial charge is 0.344 e. The minimum Gasteiger partial charge on any atom is -0.459 e. The summed E-state index contributed by atoms with van der Waals surface area (Å²) >= 11 is 0. The molecule has 0 fully saturated rings. The highest BCUT2D eigenvalue weighted by molar-refractivity contribution is 5.92. The normalized spacial score (nSPS) is 10.4. The van der Waals surface area contributed by atoms with Crippen LogP contribution in [0.5, 0.6) is 0 Å². The van der Waals surface area contributed by atoms with E-state index in [9.17, 15) is 43.2 Å². The quantitative estimate of drug-likeness (QED) is 0.0849. The first kappa shape index (κ1) is 38.1. The van der Waals surface area contributed by atoms with Crippen molar-refractivity contribution < 1.29 is 71.6 Å². The van der Waals surface area contributed by atoms with Gasteiger partial charge in [-0.2, -0.15) is 15.0 Å². The number of isocyanates is 3. The van der Waals surface area contributed by atoms with Crippen LogP contribution in [0.15, 0.2) is 87.8 Å². The molecule has 0 aliphatic heterocycles. The van der Waals surface area contributed by atoms with Crippen molar-refractivity contribution in [2.24, 2.45) is 15.0 Å². The van der Waals surface area contributed by atoms with E-state index in [2.05, 4.69) is 15.0 Å². The predicted octanol–water partition coefficient (Wildman–Crippen LogP) is 2.46. The third kappa shape index (κ3) is 13.3. The summed E-state index contributed by atoms with van der Waals surface area (Å²) in [5.74, 6) is -6.11. The lowest BCUT2D eigenvalue weighted by Crippen LogP contribution is -2.33. The lowest BCUT2D eigenvalue weighted by Gasteiger charge is -2.18. The van der Waals surface area contributed by atoms with Gasteiger partial charge in [0.15, 0.2) is 25.9 Å². The first-order valence-corrected chi connectivity index (χ1v) is 14.2. The van der Waals surface area contributed by atoms with Gasteiger partial charge in [-0.05, 0) is 72.8 Å². The zero-order valence-electron chi connectivity index (χ0n) is 26.0. The van der Waals surface area contributed by atoms with Gasteiger partial charge < -0.3 is 28.4 Å². The lowest BCUT2D eigenvalue weighted by molar-refractivity contribution is -0.170. The topological polar surface area (TPSA) is 246 Å². The summed E-state index contributed by atoms with van der Waals surface area (Å²) in [4.78, 5) is 115. The molecule has 3 aromatic carbocycles. The monoisotopic (exact) mass is 701 g/mol. The molecule has 0 spiro atoms. The van der Waals surface area contributed by atoms with Crippen LogP contribution in [0.4, 0.5) is 17.1 Å². The Balaban J connectivity index is 1.54. The fourth-order valence-corrected chi connectivity index (χ4v) is 3.59. The SMILES string of the molecule is O=C=Nc1ccc(C(=O)OCC(=O)OCC(COC(=O)COC(=O)c2ccc(N=C=O)cc2)OC(=O)COC(=O)c2ccc(N=C=O)cc2)cc1. The Morgan fingerprint density at radius 2 is 0.745 bits per heavy atom. The predicted molar refractivity (Wildman–Crippen MR) is 165 cm³/mol. The second-order valence-electron chi connectivity index (χ2n) is 9.46. The zero-order chi connectivity index (χ0) is 37.0. The highest BCUT2D eigenvalue weighted by atomic mass is 16.6. The molecule has 0 radical (unpaired) electrons. The lowest BCUT2D eigenvalue weighted by atomic mass is 10.2. The van der Waals surface area contributed by atoms with Crippen molar-refractivity contribution in [2.45, 2.75) is 6.10 Å². The molecule has 18 heteroatoms. The number of carbonyl (C=O) groups is 6. The molecule has 0 aliphatic rings. The summed E-state index contributed by atoms with van der Waals surface area (Å²) in [5, 5.41) is 0. The standard InChI is InChI=1S/C33H23N3O15/c37-18-34-24-7-1-21(2-8-24)31(43)48-15-28(40)46-13-27(51-30(42)17-50-33(45)23-5-11-26(12-6-23)36-20-39)14-47-29(41)16-49-32(44)22-3-9-25(10-4-22)35-19-38/h1-12,27H,13-17H2. The number of benzene rings is 3. The van der Waals surface area contributed by atoms with Crippen LogP contribution in [0.1, 0.15) is 31.1 Å². The Morgan fingerprint density at radius 1 is 0.451 bits per heavy atom. The molecular formula is C33H23N3O15. The van der Waals surface area contributed by atoms with Gasteiger partial charge in [-0.15, -0.1) is 0 Å². The molecule has 0 bridgehead atoms. The number of esters is 6. The van der Waals surface area contributed by atoms with Gasteiger partial charge in [-0.25, -0.2) is 43.2 Å². The first-order valence-electron chi connectivity index (χ1n) is 14.2. The third-order valence-electron chi connectivity index (χ3n) is 5.96. The Hall–Kier alpha value is -7.38. The second kappa shape index (κ2) is 20.1. The average Bonchev–Trinajstić information content (AvgIpc) is 3.14. The van der Waals surface area contributed by atoms with E-state index in [4.69, 9.17) is 28.4 Å². The highest BCUT2D eigenvalue weighted by Gasteiger charge is 2.22. The van der Waals surface area contributed by atoms with Crippen molar-refractivity contribution in [2.75, 3.05) is 33.0 Å². The van der Waals surface area contributed by atoms with Gasteiger partial charge in [0.25, 0.3) is 0 Å². The van der Waals surface area contributed by atoms with Crippen molar-refractivity contribution in [1.29, 1.82) is 0 Å². The fourth-order valence-electron chi connectivity index (χ4n) is 3.59. The van der Waals surface area contributed by atoms with Crippen LogP contribution in [0.3, 0.4) is 0 Å². The number of aliphatic imine (C=N–C) groups is 3. The molecule has 0 aromatic heterocycles. The maximum absolute atomic E-state index is 12.5. The van der Waals surface area contributed by atoms with Gasteiger partial charge in [0.1, 0.15) is 13.2 Å². The van der Waals surface area contributed by atoms with E-state index in [0.717, 1.165) is 0 Å². The van der Waals surface area contributed by atoms with Crippen LogP contribution >= 0.6 is 0 Å². The number of carbonyl (C=O) groups excluding carboxylic acids is 9. The van der Waals surface area contributed by atoms with Crippen LogP contribution in [0.2, 0.25) is 0 Å². The minimum absolute atomic E-state index is 0.00646. The van der Waals surface area contributed by atoms with E-state index in [-0.39, 0.29) is 33.8 Å². The van der Waals surface area contributed by atoms with Crippen molar-refractivity contribution >= 4 is 71.1 Å². The van der Waals surface area contributed by atoms with Gasteiger partial charge >= 0.3 is 35.8 Å². The summed E-state index contributed by atoms with van der Waals surface area (Å²) in [6.07, 6.45) is 2.54. The molecule has 0 N–H and O–H groups in total. The number of nitrogens with zero attached hydrogens (tertiary/aromatic N) is 3. The number of hydrogen-bond donors (Lipinski definition) is 0. The highest BCUT2D eigenvalue weighted by Crippen LogP contribution is 2.15. The summed E-state index contributed by atoms with van der Waals surface area (Å²) in [6, 6.07) is 15.7. The zero-order valence-corrected chi connectivity index (χ0v) is 26.0. The van der Waals surface area contributed by atoms with E-state index in [0.29, 0.717) is 0 Å². The molecule has 0 aliphatic carbocycles. The summed E-state index contributed by atoms with van der Waals surface area (Å²) in [7, 11) is 0. The molecule has 0 amide bonds. The van der Waals surface area contributed by atoms with Gasteiger partial charge in [-0.3, -0.25) is 0 Å². The average molecular weight is 702 g/mol. The van der Waals surface area contributed by atoms with E-state index < -0.39 is 75.0 Å². The van der Waals surface area contributed by atoms with E-state index in [1.54, 1.807) is 0 Å². The van der Waals surface area contributed by atoms with Gasteiger partial charge in [0.2, 0.25) is 18.2 Å². The minimum atomic E-state index is -1.48. The molecule has 260 valence electrons. The Labute approximate surface area is 286 Å². The number of ether oxygens (including phenoxy) is 6. The molecule has 3 aromatic rings. The van der Waals surface area contributed by atoms with Crippen LogP contribution in [-0.4, -0.2) is 93.2 Å². The van der Waals surface area contributed by atoms with E-state index in [1.165, 1.54) is 91.0 Å².